The Morgan fingerprint density at radius 3 is 2.73 bits per heavy atom. The predicted molar refractivity (Wildman–Crippen MR) is 167 cm³/mol. The fourth-order valence-corrected chi connectivity index (χ4v) is 5.49. The van der Waals surface area contributed by atoms with E-state index in [1.807, 2.05) is 23.1 Å². The Kier molecular flexibility index (Phi) is 7.67. The average Bonchev–Trinajstić information content (AvgIpc) is 3.97. The summed E-state index contributed by atoms with van der Waals surface area (Å²) in [6, 6.07) is 13.6. The van der Waals surface area contributed by atoms with Crippen molar-refractivity contribution in [2.75, 3.05) is 43.9 Å². The molecular formula is C32H35N9O3. The third-order valence-corrected chi connectivity index (χ3v) is 8.27. The van der Waals surface area contributed by atoms with E-state index in [-0.39, 0.29) is 17.9 Å². The molecule has 2 unspecified atom stereocenters. The van der Waals surface area contributed by atoms with Gasteiger partial charge < -0.3 is 25.6 Å². The third kappa shape index (κ3) is 6.41. The molecule has 2 atom stereocenters. The summed E-state index contributed by atoms with van der Waals surface area (Å²) in [7, 11) is 2.10. The summed E-state index contributed by atoms with van der Waals surface area (Å²) in [5.41, 5.74) is 2.19. The van der Waals surface area contributed by atoms with Gasteiger partial charge in [-0.25, -0.2) is 9.97 Å². The van der Waals surface area contributed by atoms with Gasteiger partial charge in [-0.1, -0.05) is 6.08 Å². The van der Waals surface area contributed by atoms with Crippen molar-refractivity contribution >= 4 is 34.5 Å². The second kappa shape index (κ2) is 12.1. The number of amides is 2. The molecule has 226 valence electrons. The molecule has 4 aromatic rings. The van der Waals surface area contributed by atoms with Gasteiger partial charge in [-0.15, -0.1) is 0 Å². The highest BCUT2D eigenvalue weighted by Crippen LogP contribution is 2.34. The van der Waals surface area contributed by atoms with E-state index in [1.165, 1.54) is 12.8 Å². The fraction of sp³-hybridized carbons (Fsp3) is 0.344. The number of carbonyl (C=O) groups excluding carboxylic acids is 2. The van der Waals surface area contributed by atoms with E-state index in [4.69, 9.17) is 4.74 Å². The number of aromatic amines is 1. The molecule has 4 N–H and O–H groups in total. The number of hydrogen-bond acceptors (Lipinski definition) is 9. The van der Waals surface area contributed by atoms with Crippen molar-refractivity contribution in [3.63, 3.8) is 0 Å². The largest absolute Gasteiger partial charge is 0.456 e. The maximum atomic E-state index is 12.8. The van der Waals surface area contributed by atoms with Crippen molar-refractivity contribution in [2.24, 2.45) is 0 Å². The third-order valence-electron chi connectivity index (χ3n) is 8.27. The van der Waals surface area contributed by atoms with Crippen molar-refractivity contribution in [2.45, 2.75) is 37.4 Å². The lowest BCUT2D eigenvalue weighted by Gasteiger charge is -2.16. The molecule has 1 aromatic carbocycles. The highest BCUT2D eigenvalue weighted by Gasteiger charge is 2.28. The Balaban J connectivity index is 0.977. The quantitative estimate of drug-likeness (QED) is 0.151. The molecule has 12 nitrogen and oxygen atoms in total. The number of likely N-dealkylation sites (N-methyl/N-ethyl adjacent to an activating group) is 1. The second-order valence-corrected chi connectivity index (χ2v) is 11.6. The van der Waals surface area contributed by atoms with Crippen LogP contribution in [0.2, 0.25) is 0 Å². The Morgan fingerprint density at radius 2 is 1.93 bits per heavy atom. The van der Waals surface area contributed by atoms with E-state index in [0.29, 0.717) is 59.5 Å². The van der Waals surface area contributed by atoms with E-state index in [0.717, 1.165) is 30.5 Å². The van der Waals surface area contributed by atoms with E-state index in [9.17, 15) is 9.59 Å². The first-order valence-electron chi connectivity index (χ1n) is 15.0. The van der Waals surface area contributed by atoms with Gasteiger partial charge in [0.25, 0.3) is 5.91 Å². The van der Waals surface area contributed by atoms with Gasteiger partial charge in [-0.3, -0.25) is 19.6 Å². The van der Waals surface area contributed by atoms with Crippen LogP contribution in [0.25, 0.3) is 11.0 Å². The van der Waals surface area contributed by atoms with Gasteiger partial charge >= 0.3 is 0 Å². The molecule has 0 spiro atoms. The van der Waals surface area contributed by atoms with Crippen LogP contribution in [-0.4, -0.2) is 87.1 Å². The van der Waals surface area contributed by atoms with Crippen LogP contribution in [0.5, 0.6) is 11.5 Å². The zero-order valence-corrected chi connectivity index (χ0v) is 24.5. The summed E-state index contributed by atoms with van der Waals surface area (Å²) >= 11 is 0. The van der Waals surface area contributed by atoms with E-state index < -0.39 is 0 Å². The SMILES string of the molecule is CN(C/C=C/C(=O)N1CCC(Nc2n[nH]c3nccc(Oc4ccc(C(=O)Nc5cc(C6CN6)ccn5)cc4)c23)C1)C1CC1. The van der Waals surface area contributed by atoms with Gasteiger partial charge in [0.2, 0.25) is 5.91 Å². The van der Waals surface area contributed by atoms with Crippen molar-refractivity contribution in [1.29, 1.82) is 0 Å². The number of benzene rings is 1. The average molecular weight is 594 g/mol. The smallest absolute Gasteiger partial charge is 0.256 e. The number of ether oxygens (including phenoxy) is 1. The number of rotatable bonds is 11. The molecule has 3 aromatic heterocycles. The molecule has 3 fully saturated rings. The molecule has 2 aliphatic heterocycles. The van der Waals surface area contributed by atoms with Crippen LogP contribution in [0.4, 0.5) is 11.6 Å². The Labute approximate surface area is 254 Å². The van der Waals surface area contributed by atoms with Gasteiger partial charge in [0, 0.05) is 74.4 Å². The molecule has 44 heavy (non-hydrogen) atoms. The number of pyridine rings is 2. The zero-order chi connectivity index (χ0) is 30.0. The molecule has 1 aliphatic carbocycles. The van der Waals surface area contributed by atoms with Gasteiger partial charge in [0.05, 0.1) is 0 Å². The van der Waals surface area contributed by atoms with Crippen molar-refractivity contribution in [1.82, 2.24) is 35.3 Å². The number of fused-ring (bicyclic) bond motifs is 1. The van der Waals surface area contributed by atoms with Gasteiger partial charge in [-0.05, 0) is 68.3 Å². The van der Waals surface area contributed by atoms with E-state index >= 15 is 0 Å². The number of aromatic nitrogens is 4. The van der Waals surface area contributed by atoms with E-state index in [2.05, 4.69) is 48.1 Å². The summed E-state index contributed by atoms with van der Waals surface area (Å²) in [5, 5.41) is 17.8. The number of nitrogens with zero attached hydrogens (tertiary/aromatic N) is 5. The lowest BCUT2D eigenvalue weighted by Crippen LogP contribution is -2.30. The van der Waals surface area contributed by atoms with Gasteiger partial charge in [0.15, 0.2) is 11.5 Å². The minimum Gasteiger partial charge on any atom is -0.456 e. The van der Waals surface area contributed by atoms with Crippen LogP contribution < -0.4 is 20.7 Å². The van der Waals surface area contributed by atoms with Gasteiger partial charge in [-0.2, -0.15) is 5.10 Å². The standard InChI is InChI=1S/C32H35N9O3/c1-40(23-6-7-23)15-2-3-28(42)41-16-12-22(19-41)36-31-29-26(11-14-34-30(29)38-39-31)44-24-8-4-20(5-9-24)32(43)37-27-17-21(10-13-33-27)25-18-35-25/h2-5,8-11,13-14,17,22-23,25,35H,6-7,12,15-16,18-19H2,1H3,(H,33,37,43)(H2,34,36,38,39)/b3-2+. The summed E-state index contributed by atoms with van der Waals surface area (Å²) in [4.78, 5) is 38.4. The maximum absolute atomic E-state index is 12.8. The molecule has 1 saturated carbocycles. The van der Waals surface area contributed by atoms with Crippen LogP contribution in [0, 0.1) is 0 Å². The minimum atomic E-state index is -0.247. The summed E-state index contributed by atoms with van der Waals surface area (Å²) in [5.74, 6) is 2.07. The number of H-pyrrole nitrogens is 1. The molecule has 12 heteroatoms. The zero-order valence-electron chi connectivity index (χ0n) is 24.5. The van der Waals surface area contributed by atoms with Gasteiger partial charge in [0.1, 0.15) is 22.7 Å². The number of carbonyl (C=O) groups is 2. The van der Waals surface area contributed by atoms with Crippen LogP contribution in [0.3, 0.4) is 0 Å². The number of anilines is 2. The number of likely N-dealkylation sites (tertiary alicyclic amines) is 1. The summed E-state index contributed by atoms with van der Waals surface area (Å²) < 4.78 is 6.23. The molecule has 0 radical (unpaired) electrons. The Bertz CT molecular complexity index is 1690. The molecule has 5 heterocycles. The first-order valence-corrected chi connectivity index (χ1v) is 15.0. The van der Waals surface area contributed by atoms with Crippen LogP contribution in [0.15, 0.2) is 67.0 Å². The maximum Gasteiger partial charge on any atom is 0.256 e. The van der Waals surface area contributed by atoms with Crippen molar-refractivity contribution in [3.8, 4) is 11.5 Å². The molecule has 3 aliphatic rings. The fourth-order valence-electron chi connectivity index (χ4n) is 5.49. The summed E-state index contributed by atoms with van der Waals surface area (Å²) in [6.45, 7) is 3.01. The molecule has 2 amide bonds. The predicted octanol–water partition coefficient (Wildman–Crippen LogP) is 3.71. The highest BCUT2D eigenvalue weighted by atomic mass is 16.5. The van der Waals surface area contributed by atoms with Crippen molar-refractivity contribution < 1.29 is 14.3 Å². The van der Waals surface area contributed by atoms with Crippen molar-refractivity contribution in [3.05, 3.63) is 78.1 Å². The minimum absolute atomic E-state index is 0.0357. The van der Waals surface area contributed by atoms with Crippen LogP contribution >= 0.6 is 0 Å². The van der Waals surface area contributed by atoms with Crippen LogP contribution in [-0.2, 0) is 4.79 Å². The second-order valence-electron chi connectivity index (χ2n) is 11.6. The Hall–Kier alpha value is -4.81. The molecule has 2 saturated heterocycles. The first kappa shape index (κ1) is 28.0. The number of hydrogen-bond donors (Lipinski definition) is 4. The lowest BCUT2D eigenvalue weighted by molar-refractivity contribution is -0.125. The summed E-state index contributed by atoms with van der Waals surface area (Å²) in [6.07, 6.45) is 10.3. The normalized spacial score (nSPS) is 19.5. The molecule has 7 rings (SSSR count). The number of nitrogens with one attached hydrogen (secondary N) is 4. The molecular weight excluding hydrogens is 558 g/mol. The van der Waals surface area contributed by atoms with E-state index in [1.54, 1.807) is 48.8 Å². The molecule has 0 bridgehead atoms. The first-order chi connectivity index (χ1) is 21.5. The topological polar surface area (TPSA) is 150 Å². The highest BCUT2D eigenvalue weighted by molar-refractivity contribution is 6.03. The van der Waals surface area contributed by atoms with Crippen LogP contribution in [0.1, 0.15) is 41.2 Å². The lowest BCUT2D eigenvalue weighted by atomic mass is 10.2. The monoisotopic (exact) mass is 593 g/mol. The Morgan fingerprint density at radius 1 is 1.11 bits per heavy atom.